The monoisotopic (exact) mass is 265 g/mol. The minimum absolute atomic E-state index is 0.451. The SMILES string of the molecule is CCNC1CCCc2sc(-c3cscn3)nc21. The van der Waals surface area contributed by atoms with Crippen LogP contribution in [0.2, 0.25) is 0 Å². The normalized spacial score (nSPS) is 19.2. The highest BCUT2D eigenvalue weighted by Gasteiger charge is 2.24. The first-order chi connectivity index (χ1) is 8.38. The first kappa shape index (κ1) is 11.3. The molecule has 0 radical (unpaired) electrons. The Balaban J connectivity index is 1.96. The summed E-state index contributed by atoms with van der Waals surface area (Å²) < 4.78 is 0. The van der Waals surface area contributed by atoms with Gasteiger partial charge in [0.2, 0.25) is 0 Å². The third kappa shape index (κ3) is 2.14. The lowest BCUT2D eigenvalue weighted by Crippen LogP contribution is -2.24. The van der Waals surface area contributed by atoms with Crippen molar-refractivity contribution in [2.24, 2.45) is 0 Å². The molecule has 17 heavy (non-hydrogen) atoms. The molecule has 3 nitrogen and oxygen atoms in total. The summed E-state index contributed by atoms with van der Waals surface area (Å²) in [5.41, 5.74) is 4.17. The summed E-state index contributed by atoms with van der Waals surface area (Å²) in [6.07, 6.45) is 3.66. The third-order valence-corrected chi connectivity index (χ3v) is 4.80. The molecule has 2 aromatic rings. The molecule has 1 N–H and O–H groups in total. The molecule has 0 spiro atoms. The van der Waals surface area contributed by atoms with E-state index in [0.717, 1.165) is 17.2 Å². The quantitative estimate of drug-likeness (QED) is 0.925. The summed E-state index contributed by atoms with van der Waals surface area (Å²) in [4.78, 5) is 10.6. The van der Waals surface area contributed by atoms with Crippen molar-refractivity contribution < 1.29 is 0 Å². The van der Waals surface area contributed by atoms with Crippen molar-refractivity contribution in [2.45, 2.75) is 32.2 Å². The predicted molar refractivity (Wildman–Crippen MR) is 72.6 cm³/mol. The van der Waals surface area contributed by atoms with Crippen LogP contribution in [0.15, 0.2) is 10.9 Å². The van der Waals surface area contributed by atoms with E-state index in [1.54, 1.807) is 11.3 Å². The van der Waals surface area contributed by atoms with Crippen molar-refractivity contribution in [3.8, 4) is 10.7 Å². The maximum Gasteiger partial charge on any atom is 0.143 e. The number of aromatic nitrogens is 2. The van der Waals surface area contributed by atoms with Gasteiger partial charge in [0.1, 0.15) is 10.7 Å². The maximum atomic E-state index is 4.79. The van der Waals surface area contributed by atoms with Crippen LogP contribution < -0.4 is 5.32 Å². The molecule has 2 aromatic heterocycles. The van der Waals surface area contributed by atoms with Crippen LogP contribution in [0.5, 0.6) is 0 Å². The van der Waals surface area contributed by atoms with E-state index in [9.17, 15) is 0 Å². The van der Waals surface area contributed by atoms with Gasteiger partial charge in [-0.05, 0) is 25.8 Å². The highest BCUT2D eigenvalue weighted by Crippen LogP contribution is 2.36. The average Bonchev–Trinajstić information content (AvgIpc) is 2.98. The first-order valence-electron chi connectivity index (χ1n) is 6.00. The summed E-state index contributed by atoms with van der Waals surface area (Å²) in [7, 11) is 0. The third-order valence-electron chi connectivity index (χ3n) is 3.06. The number of nitrogens with one attached hydrogen (secondary N) is 1. The topological polar surface area (TPSA) is 37.8 Å². The lowest BCUT2D eigenvalue weighted by molar-refractivity contribution is 0.465. The Labute approximate surface area is 109 Å². The fourth-order valence-corrected chi connectivity index (χ4v) is 4.03. The Hall–Kier alpha value is -0.780. The molecule has 2 heterocycles. The van der Waals surface area contributed by atoms with Crippen molar-refractivity contribution in [2.75, 3.05) is 6.54 Å². The minimum Gasteiger partial charge on any atom is -0.309 e. The summed E-state index contributed by atoms with van der Waals surface area (Å²) in [5.74, 6) is 0. The average molecular weight is 265 g/mol. The van der Waals surface area contributed by atoms with Gasteiger partial charge < -0.3 is 5.32 Å². The van der Waals surface area contributed by atoms with E-state index in [0.29, 0.717) is 6.04 Å². The molecule has 1 unspecified atom stereocenters. The molecule has 0 fully saturated rings. The minimum atomic E-state index is 0.451. The Morgan fingerprint density at radius 2 is 2.47 bits per heavy atom. The zero-order valence-corrected chi connectivity index (χ0v) is 11.4. The van der Waals surface area contributed by atoms with Crippen LogP contribution in [0.3, 0.4) is 0 Å². The fraction of sp³-hybridized carbons (Fsp3) is 0.500. The largest absolute Gasteiger partial charge is 0.309 e. The molecule has 90 valence electrons. The van der Waals surface area contributed by atoms with Gasteiger partial charge in [0, 0.05) is 10.3 Å². The van der Waals surface area contributed by atoms with Crippen LogP contribution in [0, 0.1) is 0 Å². The molecule has 0 saturated heterocycles. The van der Waals surface area contributed by atoms with E-state index >= 15 is 0 Å². The molecule has 0 saturated carbocycles. The van der Waals surface area contributed by atoms with Crippen molar-refractivity contribution in [1.82, 2.24) is 15.3 Å². The van der Waals surface area contributed by atoms with Gasteiger partial charge >= 0.3 is 0 Å². The Kier molecular flexibility index (Phi) is 3.22. The van der Waals surface area contributed by atoms with E-state index in [2.05, 4.69) is 22.6 Å². The number of fused-ring (bicyclic) bond motifs is 1. The van der Waals surface area contributed by atoms with Crippen LogP contribution >= 0.6 is 22.7 Å². The van der Waals surface area contributed by atoms with Crippen LogP contribution in [0.25, 0.3) is 10.7 Å². The van der Waals surface area contributed by atoms with Gasteiger partial charge in [0.25, 0.3) is 0 Å². The van der Waals surface area contributed by atoms with E-state index < -0.39 is 0 Å². The Morgan fingerprint density at radius 3 is 3.24 bits per heavy atom. The first-order valence-corrected chi connectivity index (χ1v) is 7.76. The van der Waals surface area contributed by atoms with Crippen LogP contribution in [0.4, 0.5) is 0 Å². The Bertz CT molecular complexity index is 490. The van der Waals surface area contributed by atoms with E-state index in [1.807, 2.05) is 16.8 Å². The van der Waals surface area contributed by atoms with Crippen molar-refractivity contribution in [1.29, 1.82) is 0 Å². The number of rotatable bonds is 3. The molecule has 1 aliphatic carbocycles. The highest BCUT2D eigenvalue weighted by atomic mass is 32.1. The highest BCUT2D eigenvalue weighted by molar-refractivity contribution is 7.15. The number of hydrogen-bond donors (Lipinski definition) is 1. The Morgan fingerprint density at radius 1 is 1.53 bits per heavy atom. The van der Waals surface area contributed by atoms with Crippen LogP contribution in [0.1, 0.15) is 36.4 Å². The summed E-state index contributed by atoms with van der Waals surface area (Å²) in [5, 5.41) is 6.69. The van der Waals surface area contributed by atoms with Crippen molar-refractivity contribution in [3.05, 3.63) is 21.5 Å². The lowest BCUT2D eigenvalue weighted by atomic mass is 9.98. The predicted octanol–water partition coefficient (Wildman–Crippen LogP) is 3.25. The molecular formula is C12H15N3S2. The fourth-order valence-electron chi connectivity index (χ4n) is 2.29. The zero-order chi connectivity index (χ0) is 11.7. The second-order valence-corrected chi connectivity index (χ2v) is 6.01. The molecule has 0 aromatic carbocycles. The number of thiazole rings is 2. The summed E-state index contributed by atoms with van der Waals surface area (Å²) >= 11 is 3.45. The second-order valence-electron chi connectivity index (χ2n) is 4.20. The molecular weight excluding hydrogens is 250 g/mol. The molecule has 0 amide bonds. The second kappa shape index (κ2) is 4.84. The van der Waals surface area contributed by atoms with Crippen LogP contribution in [-0.4, -0.2) is 16.5 Å². The summed E-state index contributed by atoms with van der Waals surface area (Å²) in [6, 6.07) is 0.451. The lowest BCUT2D eigenvalue weighted by Gasteiger charge is -2.21. The zero-order valence-electron chi connectivity index (χ0n) is 9.77. The molecule has 0 bridgehead atoms. The maximum absolute atomic E-state index is 4.79. The van der Waals surface area contributed by atoms with E-state index in [4.69, 9.17) is 4.98 Å². The number of hydrogen-bond acceptors (Lipinski definition) is 5. The molecule has 1 aliphatic rings. The van der Waals surface area contributed by atoms with Gasteiger partial charge in [0.05, 0.1) is 17.2 Å². The number of aryl methyl sites for hydroxylation is 1. The van der Waals surface area contributed by atoms with Gasteiger partial charge in [-0.15, -0.1) is 22.7 Å². The van der Waals surface area contributed by atoms with Crippen molar-refractivity contribution in [3.63, 3.8) is 0 Å². The standard InChI is InChI=1S/C12H15N3S2/c1-2-13-8-4-3-5-10-11(8)15-12(17-10)9-6-16-7-14-9/h6-8,13H,2-5H2,1H3. The number of nitrogens with zero attached hydrogens (tertiary/aromatic N) is 2. The molecule has 5 heteroatoms. The van der Waals surface area contributed by atoms with Gasteiger partial charge in [-0.2, -0.15) is 0 Å². The molecule has 0 aliphatic heterocycles. The van der Waals surface area contributed by atoms with Gasteiger partial charge in [0.15, 0.2) is 0 Å². The molecule has 3 rings (SSSR count). The van der Waals surface area contributed by atoms with E-state index in [-0.39, 0.29) is 0 Å². The van der Waals surface area contributed by atoms with Gasteiger partial charge in [-0.25, -0.2) is 9.97 Å². The van der Waals surface area contributed by atoms with Gasteiger partial charge in [-0.3, -0.25) is 0 Å². The van der Waals surface area contributed by atoms with Crippen molar-refractivity contribution >= 4 is 22.7 Å². The van der Waals surface area contributed by atoms with Crippen LogP contribution in [-0.2, 0) is 6.42 Å². The molecule has 1 atom stereocenters. The van der Waals surface area contributed by atoms with Gasteiger partial charge in [-0.1, -0.05) is 6.92 Å². The summed E-state index contributed by atoms with van der Waals surface area (Å²) in [6.45, 7) is 3.16. The smallest absolute Gasteiger partial charge is 0.143 e. The van der Waals surface area contributed by atoms with E-state index in [1.165, 1.54) is 29.8 Å².